The third-order valence-corrected chi connectivity index (χ3v) is 5.25. The SMILES string of the molecule is CC(=O)NC(C[C@H](C)N=C(NC(=O)OCOC(=O)Cc1ccccc1)NC(=O)OCOC(=O)Cc1ccccc1)C(=O)O. The van der Waals surface area contributed by atoms with Crippen LogP contribution in [0.1, 0.15) is 31.4 Å². The van der Waals surface area contributed by atoms with E-state index in [0.29, 0.717) is 11.1 Å². The van der Waals surface area contributed by atoms with E-state index in [1.807, 2.05) is 0 Å². The van der Waals surface area contributed by atoms with Crippen LogP contribution in [0.3, 0.4) is 0 Å². The van der Waals surface area contributed by atoms with Crippen LogP contribution in [-0.4, -0.2) is 72.7 Å². The predicted molar refractivity (Wildman–Crippen MR) is 148 cm³/mol. The van der Waals surface area contributed by atoms with Crippen LogP contribution < -0.4 is 16.0 Å². The molecule has 0 radical (unpaired) electrons. The van der Waals surface area contributed by atoms with Crippen molar-refractivity contribution in [1.82, 2.24) is 16.0 Å². The number of aliphatic imine (C=N–C) groups is 1. The predicted octanol–water partition coefficient (Wildman–Crippen LogP) is 1.65. The lowest BCUT2D eigenvalue weighted by atomic mass is 10.1. The van der Waals surface area contributed by atoms with Gasteiger partial charge in [0.05, 0.1) is 18.9 Å². The maximum Gasteiger partial charge on any atom is 0.416 e. The highest BCUT2D eigenvalue weighted by atomic mass is 16.7. The first kappa shape index (κ1) is 33.7. The molecule has 0 saturated heterocycles. The molecule has 0 saturated carbocycles. The van der Waals surface area contributed by atoms with Gasteiger partial charge in [0.1, 0.15) is 6.04 Å². The zero-order chi connectivity index (χ0) is 31.6. The molecule has 15 nitrogen and oxygen atoms in total. The van der Waals surface area contributed by atoms with Gasteiger partial charge in [0.2, 0.25) is 25.5 Å². The number of ether oxygens (including phenoxy) is 4. The van der Waals surface area contributed by atoms with Crippen molar-refractivity contribution >= 4 is 42.0 Å². The van der Waals surface area contributed by atoms with Gasteiger partial charge >= 0.3 is 30.1 Å². The van der Waals surface area contributed by atoms with Crippen molar-refractivity contribution in [3.63, 3.8) is 0 Å². The quantitative estimate of drug-likeness (QED) is 0.112. The van der Waals surface area contributed by atoms with Crippen molar-refractivity contribution in [2.24, 2.45) is 4.99 Å². The first-order valence-electron chi connectivity index (χ1n) is 12.9. The number of hydrogen-bond acceptors (Lipinski definition) is 11. The number of esters is 2. The second-order valence-corrected chi connectivity index (χ2v) is 8.86. The molecule has 0 aromatic heterocycles. The fraction of sp³-hybridized carbons (Fsp3) is 0.321. The van der Waals surface area contributed by atoms with Crippen LogP contribution in [0.5, 0.6) is 0 Å². The summed E-state index contributed by atoms with van der Waals surface area (Å²) in [5.74, 6) is -3.77. The Hall–Kier alpha value is -5.47. The van der Waals surface area contributed by atoms with E-state index < -0.39 is 67.6 Å². The lowest BCUT2D eigenvalue weighted by Gasteiger charge is -2.17. The summed E-state index contributed by atoms with van der Waals surface area (Å²) in [6.45, 7) is 1.08. The second-order valence-electron chi connectivity index (χ2n) is 8.86. The Morgan fingerprint density at radius 1 is 0.744 bits per heavy atom. The molecule has 2 aromatic rings. The van der Waals surface area contributed by atoms with Crippen molar-refractivity contribution in [1.29, 1.82) is 0 Å². The number of carbonyl (C=O) groups is 6. The van der Waals surface area contributed by atoms with E-state index >= 15 is 0 Å². The molecule has 43 heavy (non-hydrogen) atoms. The molecule has 0 heterocycles. The Kier molecular flexibility index (Phi) is 14.2. The van der Waals surface area contributed by atoms with Gasteiger partial charge in [0, 0.05) is 13.3 Å². The highest BCUT2D eigenvalue weighted by Gasteiger charge is 2.22. The van der Waals surface area contributed by atoms with Gasteiger partial charge in [-0.3, -0.25) is 25.0 Å². The van der Waals surface area contributed by atoms with Gasteiger partial charge in [-0.05, 0) is 18.1 Å². The fourth-order valence-electron chi connectivity index (χ4n) is 3.37. The standard InChI is InChI=1S/C28H32N4O11/c1-18(13-22(25(36)37)30-19(2)33)29-26(31-27(38)42-16-40-23(34)14-20-9-5-3-6-10-20)32-28(39)43-17-41-24(35)15-21-11-7-4-8-12-21/h3-12,18,22H,13-17H2,1-2H3,(H,30,33)(H,36,37)(H2,29,31,32,38,39)/t18-,22?/m0/s1. The van der Waals surface area contributed by atoms with Crippen molar-refractivity contribution < 1.29 is 52.8 Å². The molecule has 0 aliphatic rings. The summed E-state index contributed by atoms with van der Waals surface area (Å²) in [5.41, 5.74) is 1.38. The number of carbonyl (C=O) groups excluding carboxylic acids is 5. The molecule has 3 amide bonds. The van der Waals surface area contributed by atoms with Crippen molar-refractivity contribution in [2.45, 2.75) is 45.2 Å². The van der Waals surface area contributed by atoms with Crippen LogP contribution >= 0.6 is 0 Å². The Morgan fingerprint density at radius 2 is 1.19 bits per heavy atom. The molecule has 0 fully saturated rings. The van der Waals surface area contributed by atoms with Gasteiger partial charge in [0.15, 0.2) is 0 Å². The third-order valence-electron chi connectivity index (χ3n) is 5.25. The smallest absolute Gasteiger partial charge is 0.416 e. The van der Waals surface area contributed by atoms with E-state index in [4.69, 9.17) is 18.9 Å². The first-order valence-corrected chi connectivity index (χ1v) is 12.9. The topological polar surface area (TPSA) is 208 Å². The summed E-state index contributed by atoms with van der Waals surface area (Å²) in [4.78, 5) is 75.3. The molecular formula is C28H32N4O11. The molecule has 4 N–H and O–H groups in total. The minimum Gasteiger partial charge on any atom is -0.480 e. The van der Waals surface area contributed by atoms with Crippen LogP contribution in [-0.2, 0) is 51.0 Å². The van der Waals surface area contributed by atoms with Crippen LogP contribution in [0, 0.1) is 0 Å². The molecule has 0 bridgehead atoms. The average Bonchev–Trinajstić information content (AvgIpc) is 2.93. The minimum absolute atomic E-state index is 0.0571. The van der Waals surface area contributed by atoms with Gasteiger partial charge < -0.3 is 29.4 Å². The van der Waals surface area contributed by atoms with E-state index in [1.165, 1.54) is 6.92 Å². The van der Waals surface area contributed by atoms with Gasteiger partial charge in [0.25, 0.3) is 0 Å². The first-order chi connectivity index (χ1) is 20.5. The number of hydrogen-bond donors (Lipinski definition) is 4. The third kappa shape index (κ3) is 14.6. The van der Waals surface area contributed by atoms with E-state index in [2.05, 4.69) is 20.9 Å². The van der Waals surface area contributed by atoms with Gasteiger partial charge in [-0.15, -0.1) is 0 Å². The summed E-state index contributed by atoms with van der Waals surface area (Å²) in [6.07, 6.45) is -2.72. The highest BCUT2D eigenvalue weighted by molar-refractivity contribution is 6.01. The van der Waals surface area contributed by atoms with Gasteiger partial charge in [-0.1, -0.05) is 60.7 Å². The number of guanidine groups is 1. The minimum atomic E-state index is -1.33. The summed E-state index contributed by atoms with van der Waals surface area (Å²) >= 11 is 0. The summed E-state index contributed by atoms with van der Waals surface area (Å²) < 4.78 is 19.3. The Labute approximate surface area is 246 Å². The van der Waals surface area contributed by atoms with Crippen LogP contribution in [0.2, 0.25) is 0 Å². The summed E-state index contributed by atoms with van der Waals surface area (Å²) in [6, 6.07) is 15.2. The van der Waals surface area contributed by atoms with E-state index in [0.717, 1.165) is 6.92 Å². The molecule has 0 aliphatic carbocycles. The molecule has 1 unspecified atom stereocenters. The Bertz CT molecular complexity index is 1210. The lowest BCUT2D eigenvalue weighted by Crippen LogP contribution is -2.46. The summed E-state index contributed by atoms with van der Waals surface area (Å²) in [5, 5.41) is 15.8. The monoisotopic (exact) mass is 600 g/mol. The molecule has 2 atom stereocenters. The molecule has 15 heteroatoms. The molecular weight excluding hydrogens is 568 g/mol. The zero-order valence-corrected chi connectivity index (χ0v) is 23.4. The molecule has 2 rings (SSSR count). The number of nitrogens with zero attached hydrogens (tertiary/aromatic N) is 1. The van der Waals surface area contributed by atoms with Crippen LogP contribution in [0.4, 0.5) is 9.59 Å². The van der Waals surface area contributed by atoms with Crippen LogP contribution in [0.15, 0.2) is 65.7 Å². The molecule has 0 spiro atoms. The number of nitrogens with one attached hydrogen (secondary N) is 3. The highest BCUT2D eigenvalue weighted by Crippen LogP contribution is 2.05. The van der Waals surface area contributed by atoms with E-state index in [-0.39, 0.29) is 19.3 Å². The van der Waals surface area contributed by atoms with E-state index in [9.17, 15) is 33.9 Å². The van der Waals surface area contributed by atoms with Crippen molar-refractivity contribution in [2.75, 3.05) is 13.6 Å². The number of amides is 3. The summed E-state index contributed by atoms with van der Waals surface area (Å²) in [7, 11) is 0. The zero-order valence-electron chi connectivity index (χ0n) is 23.4. The number of rotatable bonds is 13. The second kappa shape index (κ2) is 18.1. The van der Waals surface area contributed by atoms with E-state index in [1.54, 1.807) is 60.7 Å². The number of aliphatic carboxylic acids is 1. The molecule has 2 aromatic carbocycles. The van der Waals surface area contributed by atoms with Gasteiger partial charge in [-0.25, -0.2) is 19.4 Å². The molecule has 0 aliphatic heterocycles. The Morgan fingerprint density at radius 3 is 1.58 bits per heavy atom. The molecule has 230 valence electrons. The van der Waals surface area contributed by atoms with Crippen molar-refractivity contribution in [3.05, 3.63) is 71.8 Å². The lowest BCUT2D eigenvalue weighted by molar-refractivity contribution is -0.152. The normalized spacial score (nSPS) is 11.5. The van der Waals surface area contributed by atoms with Crippen molar-refractivity contribution in [3.8, 4) is 0 Å². The largest absolute Gasteiger partial charge is 0.480 e. The number of carboxylic acids is 1. The maximum absolute atomic E-state index is 12.3. The number of carboxylic acid groups (broad SMARTS) is 1. The maximum atomic E-state index is 12.3. The fourth-order valence-corrected chi connectivity index (χ4v) is 3.37. The van der Waals surface area contributed by atoms with Crippen LogP contribution in [0.25, 0.3) is 0 Å². The average molecular weight is 601 g/mol. The number of alkyl carbamates (subject to hydrolysis) is 2. The van der Waals surface area contributed by atoms with Gasteiger partial charge in [-0.2, -0.15) is 0 Å². The number of benzene rings is 2. The Balaban J connectivity index is 1.94.